The van der Waals surface area contributed by atoms with Gasteiger partial charge < -0.3 is 14.6 Å². The lowest BCUT2D eigenvalue weighted by Crippen LogP contribution is -2.24. The Kier molecular flexibility index (Phi) is 5.52. The van der Waals surface area contributed by atoms with Gasteiger partial charge in [0.15, 0.2) is 5.82 Å². The first-order valence-electron chi connectivity index (χ1n) is 6.65. The van der Waals surface area contributed by atoms with Gasteiger partial charge in [0.05, 0.1) is 18.1 Å². The van der Waals surface area contributed by atoms with E-state index in [9.17, 15) is 4.39 Å². The SMILES string of the molecule is CNC(C)Cc1noc(CCOc2ccc(F)cc2Cl)n1. The molecule has 1 aromatic heterocycles. The molecular formula is C14H17ClFN3O2. The van der Waals surface area contributed by atoms with Crippen LogP contribution in [0, 0.1) is 5.82 Å². The Balaban J connectivity index is 1.83. The average molecular weight is 314 g/mol. The lowest BCUT2D eigenvalue weighted by Gasteiger charge is -2.06. The number of nitrogens with zero attached hydrogens (tertiary/aromatic N) is 2. The summed E-state index contributed by atoms with van der Waals surface area (Å²) in [5.74, 6) is 1.20. The lowest BCUT2D eigenvalue weighted by atomic mass is 10.2. The Morgan fingerprint density at radius 2 is 2.29 bits per heavy atom. The van der Waals surface area contributed by atoms with Crippen LogP contribution < -0.4 is 10.1 Å². The average Bonchev–Trinajstić information content (AvgIpc) is 2.88. The Labute approximate surface area is 127 Å². The summed E-state index contributed by atoms with van der Waals surface area (Å²) in [5.41, 5.74) is 0. The zero-order chi connectivity index (χ0) is 15.2. The Hall–Kier alpha value is -1.66. The van der Waals surface area contributed by atoms with Crippen molar-refractivity contribution in [3.8, 4) is 5.75 Å². The van der Waals surface area contributed by atoms with Gasteiger partial charge in [-0.2, -0.15) is 4.98 Å². The van der Waals surface area contributed by atoms with Gasteiger partial charge in [0.2, 0.25) is 5.89 Å². The minimum absolute atomic E-state index is 0.240. The molecule has 1 aromatic carbocycles. The van der Waals surface area contributed by atoms with Gasteiger partial charge in [-0.3, -0.25) is 0 Å². The summed E-state index contributed by atoms with van der Waals surface area (Å²) in [6.07, 6.45) is 1.17. The van der Waals surface area contributed by atoms with E-state index in [1.807, 2.05) is 14.0 Å². The summed E-state index contributed by atoms with van der Waals surface area (Å²) in [4.78, 5) is 4.28. The number of ether oxygens (including phenoxy) is 1. The molecule has 5 nitrogen and oxygen atoms in total. The largest absolute Gasteiger partial charge is 0.491 e. The molecular weight excluding hydrogens is 297 g/mol. The van der Waals surface area contributed by atoms with Crippen molar-refractivity contribution in [2.45, 2.75) is 25.8 Å². The van der Waals surface area contributed by atoms with Crippen molar-refractivity contribution in [3.63, 3.8) is 0 Å². The van der Waals surface area contributed by atoms with Gasteiger partial charge in [0.25, 0.3) is 0 Å². The van der Waals surface area contributed by atoms with Gasteiger partial charge in [0.1, 0.15) is 11.6 Å². The molecule has 0 bridgehead atoms. The van der Waals surface area contributed by atoms with E-state index in [2.05, 4.69) is 15.5 Å². The molecule has 7 heteroatoms. The second-order valence-electron chi connectivity index (χ2n) is 4.67. The molecule has 21 heavy (non-hydrogen) atoms. The number of hydrogen-bond donors (Lipinski definition) is 1. The number of halogens is 2. The van der Waals surface area contributed by atoms with Gasteiger partial charge in [-0.25, -0.2) is 4.39 Å². The molecule has 0 amide bonds. The minimum atomic E-state index is -0.396. The predicted octanol–water partition coefficient (Wildman–Crippen LogP) is 2.63. The van der Waals surface area contributed by atoms with E-state index >= 15 is 0 Å². The minimum Gasteiger partial charge on any atom is -0.491 e. The van der Waals surface area contributed by atoms with E-state index in [4.69, 9.17) is 20.9 Å². The second-order valence-corrected chi connectivity index (χ2v) is 5.08. The maximum absolute atomic E-state index is 12.9. The summed E-state index contributed by atoms with van der Waals surface area (Å²) in [7, 11) is 1.88. The van der Waals surface area contributed by atoms with E-state index < -0.39 is 5.82 Å². The predicted molar refractivity (Wildman–Crippen MR) is 77.1 cm³/mol. The third kappa shape index (κ3) is 4.68. The van der Waals surface area contributed by atoms with Crippen LogP contribution in [0.4, 0.5) is 4.39 Å². The van der Waals surface area contributed by atoms with Crippen molar-refractivity contribution in [2.24, 2.45) is 0 Å². The monoisotopic (exact) mass is 313 g/mol. The molecule has 1 heterocycles. The zero-order valence-corrected chi connectivity index (χ0v) is 12.7. The van der Waals surface area contributed by atoms with Crippen LogP contribution in [0.1, 0.15) is 18.6 Å². The van der Waals surface area contributed by atoms with Crippen molar-refractivity contribution in [2.75, 3.05) is 13.7 Å². The van der Waals surface area contributed by atoms with Crippen molar-refractivity contribution in [3.05, 3.63) is 40.8 Å². The Morgan fingerprint density at radius 3 is 3.00 bits per heavy atom. The number of hydrogen-bond acceptors (Lipinski definition) is 5. The van der Waals surface area contributed by atoms with Crippen LogP contribution in [0.5, 0.6) is 5.75 Å². The molecule has 0 radical (unpaired) electrons. The maximum Gasteiger partial charge on any atom is 0.230 e. The van der Waals surface area contributed by atoms with Crippen molar-refractivity contribution >= 4 is 11.6 Å². The molecule has 2 rings (SSSR count). The highest BCUT2D eigenvalue weighted by molar-refractivity contribution is 6.32. The van der Waals surface area contributed by atoms with E-state index in [-0.39, 0.29) is 11.1 Å². The molecule has 0 saturated carbocycles. The van der Waals surface area contributed by atoms with Gasteiger partial charge in [-0.15, -0.1) is 0 Å². The normalized spacial score (nSPS) is 12.4. The first-order chi connectivity index (χ1) is 10.1. The smallest absolute Gasteiger partial charge is 0.230 e. The van der Waals surface area contributed by atoms with Gasteiger partial charge in [-0.1, -0.05) is 16.8 Å². The Morgan fingerprint density at radius 1 is 1.48 bits per heavy atom. The van der Waals surface area contributed by atoms with Crippen LogP contribution >= 0.6 is 11.6 Å². The standard InChI is InChI=1S/C14H17ClFN3O2/c1-9(17-2)7-13-18-14(21-19-13)5-6-20-12-4-3-10(16)8-11(12)15/h3-4,8-9,17H,5-7H2,1-2H3. The first kappa shape index (κ1) is 15.7. The van der Waals surface area contributed by atoms with Gasteiger partial charge in [-0.05, 0) is 32.2 Å². The van der Waals surface area contributed by atoms with E-state index in [0.29, 0.717) is 36.9 Å². The number of rotatable bonds is 7. The second kappa shape index (κ2) is 7.38. The molecule has 0 aliphatic heterocycles. The van der Waals surface area contributed by atoms with E-state index in [0.717, 1.165) is 0 Å². The number of aromatic nitrogens is 2. The fourth-order valence-corrected chi connectivity index (χ4v) is 1.91. The van der Waals surface area contributed by atoms with E-state index in [1.54, 1.807) is 0 Å². The topological polar surface area (TPSA) is 60.2 Å². The summed E-state index contributed by atoms with van der Waals surface area (Å²) in [6, 6.07) is 4.28. The fourth-order valence-electron chi connectivity index (χ4n) is 1.69. The molecule has 0 aliphatic carbocycles. The summed E-state index contributed by atoms with van der Waals surface area (Å²) in [6.45, 7) is 2.37. The summed E-state index contributed by atoms with van der Waals surface area (Å²) >= 11 is 5.87. The highest BCUT2D eigenvalue weighted by Gasteiger charge is 2.10. The molecule has 2 aromatic rings. The third-order valence-corrected chi connectivity index (χ3v) is 3.25. The van der Waals surface area contributed by atoms with Crippen LogP contribution in [0.15, 0.2) is 22.7 Å². The highest BCUT2D eigenvalue weighted by atomic mass is 35.5. The lowest BCUT2D eigenvalue weighted by molar-refractivity contribution is 0.291. The molecule has 114 valence electrons. The van der Waals surface area contributed by atoms with Crippen LogP contribution in [-0.2, 0) is 12.8 Å². The maximum atomic E-state index is 12.9. The molecule has 0 aliphatic rings. The van der Waals surface area contributed by atoms with E-state index in [1.165, 1.54) is 18.2 Å². The molecule has 0 spiro atoms. The number of likely N-dealkylation sites (N-methyl/N-ethyl adjacent to an activating group) is 1. The van der Waals surface area contributed by atoms with Crippen molar-refractivity contribution in [1.82, 2.24) is 15.5 Å². The highest BCUT2D eigenvalue weighted by Crippen LogP contribution is 2.24. The van der Waals surface area contributed by atoms with Crippen LogP contribution in [-0.4, -0.2) is 29.8 Å². The van der Waals surface area contributed by atoms with Crippen LogP contribution in [0.2, 0.25) is 5.02 Å². The summed E-state index contributed by atoms with van der Waals surface area (Å²) in [5, 5.41) is 7.25. The first-order valence-corrected chi connectivity index (χ1v) is 7.03. The van der Waals surface area contributed by atoms with Crippen LogP contribution in [0.3, 0.4) is 0 Å². The molecule has 1 N–H and O–H groups in total. The summed E-state index contributed by atoms with van der Waals surface area (Å²) < 4.78 is 23.5. The molecule has 1 unspecified atom stereocenters. The number of nitrogens with one attached hydrogen (secondary N) is 1. The van der Waals surface area contributed by atoms with Crippen molar-refractivity contribution < 1.29 is 13.7 Å². The van der Waals surface area contributed by atoms with Crippen LogP contribution in [0.25, 0.3) is 0 Å². The molecule has 0 fully saturated rings. The number of benzene rings is 1. The quantitative estimate of drug-likeness (QED) is 0.851. The van der Waals surface area contributed by atoms with Crippen molar-refractivity contribution in [1.29, 1.82) is 0 Å². The molecule has 1 atom stereocenters. The fraction of sp³-hybridized carbons (Fsp3) is 0.429. The third-order valence-electron chi connectivity index (χ3n) is 2.96. The Bertz CT molecular complexity index is 591. The van der Waals surface area contributed by atoms with Gasteiger partial charge >= 0.3 is 0 Å². The van der Waals surface area contributed by atoms with Gasteiger partial charge in [0, 0.05) is 12.5 Å². The molecule has 0 saturated heterocycles. The zero-order valence-electron chi connectivity index (χ0n) is 11.9.